The van der Waals surface area contributed by atoms with Crippen molar-refractivity contribution in [1.82, 2.24) is 18.7 Å². The van der Waals surface area contributed by atoms with Gasteiger partial charge in [-0.25, -0.2) is 4.79 Å². The molecule has 0 unspecified atom stereocenters. The van der Waals surface area contributed by atoms with Gasteiger partial charge in [-0.1, -0.05) is 58.4 Å². The van der Waals surface area contributed by atoms with Crippen molar-refractivity contribution in [3.63, 3.8) is 0 Å². The van der Waals surface area contributed by atoms with Gasteiger partial charge >= 0.3 is 5.69 Å². The molecule has 0 radical (unpaired) electrons. The molecule has 4 rings (SSSR count). The van der Waals surface area contributed by atoms with E-state index in [2.05, 4.69) is 38.4 Å². The predicted octanol–water partition coefficient (Wildman–Crippen LogP) is 3.29. The Balaban J connectivity index is 1.69. The Labute approximate surface area is 188 Å². The van der Waals surface area contributed by atoms with Gasteiger partial charge in [0.2, 0.25) is 5.95 Å². The van der Waals surface area contributed by atoms with E-state index in [9.17, 15) is 9.59 Å². The Bertz CT molecular complexity index is 1340. The third-order valence-electron chi connectivity index (χ3n) is 5.35. The minimum absolute atomic E-state index is 0.349. The van der Waals surface area contributed by atoms with Gasteiger partial charge in [0.05, 0.1) is 6.54 Å². The Kier molecular flexibility index (Phi) is 6.08. The van der Waals surface area contributed by atoms with Gasteiger partial charge in [-0.05, 0) is 36.1 Å². The monoisotopic (exact) mass is 481 g/mol. The number of nitrogens with one attached hydrogen (secondary N) is 1. The average Bonchev–Trinajstić information content (AvgIpc) is 3.13. The summed E-state index contributed by atoms with van der Waals surface area (Å²) in [5.74, 6) is 0.585. The summed E-state index contributed by atoms with van der Waals surface area (Å²) in [5.41, 5.74) is 2.36. The van der Waals surface area contributed by atoms with E-state index in [1.54, 1.807) is 7.05 Å². The summed E-state index contributed by atoms with van der Waals surface area (Å²) in [4.78, 5) is 30.0. The Morgan fingerprint density at radius 3 is 2.45 bits per heavy atom. The predicted molar refractivity (Wildman–Crippen MR) is 127 cm³/mol. The van der Waals surface area contributed by atoms with Crippen molar-refractivity contribution in [2.45, 2.75) is 19.4 Å². The smallest absolute Gasteiger partial charge is 0.332 e. The van der Waals surface area contributed by atoms with Crippen LogP contribution in [0.15, 0.2) is 68.7 Å². The van der Waals surface area contributed by atoms with Gasteiger partial charge < -0.3 is 5.32 Å². The van der Waals surface area contributed by atoms with Gasteiger partial charge in [0, 0.05) is 25.1 Å². The minimum atomic E-state index is -0.389. The van der Waals surface area contributed by atoms with Gasteiger partial charge in [0.1, 0.15) is 0 Å². The number of halogens is 1. The molecule has 31 heavy (non-hydrogen) atoms. The first kappa shape index (κ1) is 21.1. The maximum atomic E-state index is 13.0. The molecular weight excluding hydrogens is 458 g/mol. The third-order valence-corrected chi connectivity index (χ3v) is 5.84. The molecule has 0 aliphatic carbocycles. The zero-order valence-electron chi connectivity index (χ0n) is 17.5. The zero-order chi connectivity index (χ0) is 22.0. The van der Waals surface area contributed by atoms with E-state index in [-0.39, 0.29) is 11.2 Å². The van der Waals surface area contributed by atoms with Crippen molar-refractivity contribution >= 4 is 33.0 Å². The molecule has 0 saturated heterocycles. The number of hydrogen-bond donors (Lipinski definition) is 1. The number of hydrogen-bond acceptors (Lipinski definition) is 4. The van der Waals surface area contributed by atoms with Crippen molar-refractivity contribution in [3.8, 4) is 0 Å². The standard InChI is InChI=1S/C23H24BrN5O2/c1-27-20-19(21(30)28(2)23(27)31)29(15-17-10-6-12-18(24)14-17)22(26-20)25-13-7-11-16-8-4-3-5-9-16/h3-6,8-10,12,14H,7,11,13,15H2,1-2H3,(H,25,26). The normalized spacial score (nSPS) is 11.2. The van der Waals surface area contributed by atoms with Crippen molar-refractivity contribution < 1.29 is 0 Å². The Morgan fingerprint density at radius 2 is 1.71 bits per heavy atom. The van der Waals surface area contributed by atoms with Gasteiger partial charge in [-0.2, -0.15) is 4.98 Å². The number of benzene rings is 2. The van der Waals surface area contributed by atoms with Crippen LogP contribution in [0.25, 0.3) is 11.2 Å². The molecule has 160 valence electrons. The molecule has 0 aliphatic rings. The van der Waals surface area contributed by atoms with Crippen LogP contribution < -0.4 is 16.6 Å². The lowest BCUT2D eigenvalue weighted by atomic mass is 10.1. The second-order valence-corrected chi connectivity index (χ2v) is 8.46. The summed E-state index contributed by atoms with van der Waals surface area (Å²) >= 11 is 3.50. The van der Waals surface area contributed by atoms with Gasteiger partial charge in [0.15, 0.2) is 11.2 Å². The highest BCUT2D eigenvalue weighted by atomic mass is 79.9. The number of fused-ring (bicyclic) bond motifs is 1. The molecule has 2 heterocycles. The highest BCUT2D eigenvalue weighted by molar-refractivity contribution is 9.10. The first-order valence-electron chi connectivity index (χ1n) is 10.1. The van der Waals surface area contributed by atoms with Crippen molar-refractivity contribution in [3.05, 3.63) is 91.0 Å². The van der Waals surface area contributed by atoms with Crippen LogP contribution in [0.5, 0.6) is 0 Å². The van der Waals surface area contributed by atoms with E-state index in [1.807, 2.05) is 47.0 Å². The molecule has 0 bridgehead atoms. The summed E-state index contributed by atoms with van der Waals surface area (Å²) in [6.07, 6.45) is 1.86. The largest absolute Gasteiger partial charge is 0.356 e. The molecule has 1 N–H and O–H groups in total. The third kappa shape index (κ3) is 4.34. The lowest BCUT2D eigenvalue weighted by molar-refractivity contribution is 0.702. The number of aryl methyl sites for hydroxylation is 2. The molecule has 0 spiro atoms. The lowest BCUT2D eigenvalue weighted by Gasteiger charge is -2.11. The molecule has 2 aromatic carbocycles. The molecule has 0 atom stereocenters. The highest BCUT2D eigenvalue weighted by Crippen LogP contribution is 2.20. The molecule has 0 amide bonds. The molecule has 8 heteroatoms. The van der Waals surface area contributed by atoms with Crippen molar-refractivity contribution in [2.24, 2.45) is 14.1 Å². The summed E-state index contributed by atoms with van der Waals surface area (Å²) in [6, 6.07) is 18.2. The molecule has 7 nitrogen and oxygen atoms in total. The fourth-order valence-corrected chi connectivity index (χ4v) is 4.14. The van der Waals surface area contributed by atoms with Crippen LogP contribution in [0.4, 0.5) is 5.95 Å². The first-order valence-corrected chi connectivity index (χ1v) is 10.9. The fraction of sp³-hybridized carbons (Fsp3) is 0.261. The fourth-order valence-electron chi connectivity index (χ4n) is 3.69. The van der Waals surface area contributed by atoms with Gasteiger partial charge in [-0.15, -0.1) is 0 Å². The molecular formula is C23H24BrN5O2. The van der Waals surface area contributed by atoms with Crippen LogP contribution >= 0.6 is 15.9 Å². The summed E-state index contributed by atoms with van der Waals surface area (Å²) in [7, 11) is 3.13. The lowest BCUT2D eigenvalue weighted by Crippen LogP contribution is -2.37. The van der Waals surface area contributed by atoms with E-state index < -0.39 is 0 Å². The van der Waals surface area contributed by atoms with Crippen molar-refractivity contribution in [2.75, 3.05) is 11.9 Å². The number of anilines is 1. The first-order chi connectivity index (χ1) is 15.0. The average molecular weight is 482 g/mol. The topological polar surface area (TPSA) is 73.8 Å². The number of rotatable bonds is 7. The molecule has 0 aliphatic heterocycles. The Morgan fingerprint density at radius 1 is 0.968 bits per heavy atom. The molecule has 4 aromatic rings. The molecule has 2 aromatic heterocycles. The Hall–Kier alpha value is -3.13. The van der Waals surface area contributed by atoms with Crippen LogP contribution in [0.3, 0.4) is 0 Å². The van der Waals surface area contributed by atoms with E-state index in [0.717, 1.165) is 27.4 Å². The number of imidazole rings is 1. The number of nitrogens with zero attached hydrogens (tertiary/aromatic N) is 4. The van der Waals surface area contributed by atoms with E-state index in [1.165, 1.54) is 17.2 Å². The summed E-state index contributed by atoms with van der Waals surface area (Å²) < 4.78 is 5.37. The van der Waals surface area contributed by atoms with E-state index in [0.29, 0.717) is 30.2 Å². The van der Waals surface area contributed by atoms with Gasteiger partial charge in [0.25, 0.3) is 5.56 Å². The second kappa shape index (κ2) is 8.93. The van der Waals surface area contributed by atoms with Crippen LogP contribution in [0.1, 0.15) is 17.5 Å². The SMILES string of the molecule is Cn1c(=O)c2c(nc(NCCCc3ccccc3)n2Cc2cccc(Br)c2)n(C)c1=O. The minimum Gasteiger partial charge on any atom is -0.356 e. The summed E-state index contributed by atoms with van der Waals surface area (Å²) in [5, 5.41) is 3.38. The van der Waals surface area contributed by atoms with Crippen LogP contribution in [0, 0.1) is 0 Å². The van der Waals surface area contributed by atoms with Crippen LogP contribution in [0.2, 0.25) is 0 Å². The maximum absolute atomic E-state index is 13.0. The van der Waals surface area contributed by atoms with E-state index in [4.69, 9.17) is 0 Å². The molecule has 0 fully saturated rings. The van der Waals surface area contributed by atoms with Crippen LogP contribution in [-0.4, -0.2) is 25.2 Å². The van der Waals surface area contributed by atoms with E-state index >= 15 is 0 Å². The summed E-state index contributed by atoms with van der Waals surface area (Å²) in [6.45, 7) is 1.16. The van der Waals surface area contributed by atoms with Crippen LogP contribution in [-0.2, 0) is 27.1 Å². The number of aromatic nitrogens is 4. The second-order valence-electron chi connectivity index (χ2n) is 7.55. The highest BCUT2D eigenvalue weighted by Gasteiger charge is 2.19. The van der Waals surface area contributed by atoms with Gasteiger partial charge in [-0.3, -0.25) is 18.5 Å². The molecule has 0 saturated carbocycles. The quantitative estimate of drug-likeness (QED) is 0.411. The van der Waals surface area contributed by atoms with Crippen molar-refractivity contribution in [1.29, 1.82) is 0 Å². The maximum Gasteiger partial charge on any atom is 0.332 e. The zero-order valence-corrected chi connectivity index (χ0v) is 19.1.